The van der Waals surface area contributed by atoms with E-state index in [1.54, 1.807) is 0 Å². The van der Waals surface area contributed by atoms with Crippen molar-refractivity contribution in [2.45, 2.75) is 11.1 Å². The first kappa shape index (κ1) is 20.7. The summed E-state index contributed by atoms with van der Waals surface area (Å²) in [6.45, 7) is 0. The van der Waals surface area contributed by atoms with Crippen molar-refractivity contribution in [3.8, 4) is 0 Å². The second-order valence-corrected chi connectivity index (χ2v) is 8.16. The number of carbonyl (C=O) groups is 1. The fourth-order valence-corrected chi connectivity index (χ4v) is 3.74. The Kier molecular flexibility index (Phi) is 5.53. The number of nitrogens with one attached hydrogen (secondary N) is 2. The second-order valence-electron chi connectivity index (χ2n) is 5.50. The monoisotopic (exact) mass is 446 g/mol. The number of alkyl halides is 3. The van der Waals surface area contributed by atoms with Crippen molar-refractivity contribution in [1.29, 1.82) is 0 Å². The van der Waals surface area contributed by atoms with E-state index in [2.05, 4.69) is 20.2 Å². The lowest BCUT2D eigenvalue weighted by atomic mass is 10.2. The molecule has 0 saturated heterocycles. The standard InChI is InChI=1S/C16H10F4N4O3S2/c17-10-3-5-11(6-4-10)24-29(26,27)12-7-1-9(2-8-12)13(25)21-15-23-22-14(28-15)16(18,19)20/h1-8,24H,(H,21,23,25). The van der Waals surface area contributed by atoms with Crippen LogP contribution in [0.3, 0.4) is 0 Å². The molecule has 3 rings (SSSR count). The van der Waals surface area contributed by atoms with Crippen molar-refractivity contribution in [2.24, 2.45) is 0 Å². The first-order valence-corrected chi connectivity index (χ1v) is 9.95. The predicted octanol–water partition coefficient (Wildman–Crippen LogP) is 3.75. The van der Waals surface area contributed by atoms with Crippen LogP contribution in [0.15, 0.2) is 53.4 Å². The van der Waals surface area contributed by atoms with E-state index >= 15 is 0 Å². The number of hydrogen-bond donors (Lipinski definition) is 2. The van der Waals surface area contributed by atoms with Gasteiger partial charge in [-0.25, -0.2) is 12.8 Å². The molecule has 13 heteroatoms. The Morgan fingerprint density at radius 3 is 2.14 bits per heavy atom. The maximum absolute atomic E-state index is 12.9. The van der Waals surface area contributed by atoms with Crippen molar-refractivity contribution in [2.75, 3.05) is 10.0 Å². The Hall–Kier alpha value is -3.06. The number of rotatable bonds is 5. The average Bonchev–Trinajstić information content (AvgIpc) is 3.12. The summed E-state index contributed by atoms with van der Waals surface area (Å²) >= 11 is 0.161. The molecule has 0 bridgehead atoms. The van der Waals surface area contributed by atoms with Crippen LogP contribution in [0.1, 0.15) is 15.4 Å². The third-order valence-electron chi connectivity index (χ3n) is 3.41. The van der Waals surface area contributed by atoms with Crippen molar-refractivity contribution in [3.05, 3.63) is 64.9 Å². The molecule has 0 aliphatic carbocycles. The Balaban J connectivity index is 1.71. The van der Waals surface area contributed by atoms with Crippen LogP contribution in [-0.4, -0.2) is 24.5 Å². The normalized spacial score (nSPS) is 11.9. The zero-order valence-corrected chi connectivity index (χ0v) is 15.7. The number of nitrogens with zero attached hydrogens (tertiary/aromatic N) is 2. The largest absolute Gasteiger partial charge is 0.445 e. The Labute approximate surface area is 165 Å². The van der Waals surface area contributed by atoms with Gasteiger partial charge in [0.1, 0.15) is 5.82 Å². The number of aromatic nitrogens is 2. The lowest BCUT2D eigenvalue weighted by Gasteiger charge is -2.08. The first-order chi connectivity index (χ1) is 13.5. The van der Waals surface area contributed by atoms with Crippen molar-refractivity contribution in [3.63, 3.8) is 0 Å². The molecule has 2 N–H and O–H groups in total. The van der Waals surface area contributed by atoms with Crippen LogP contribution in [0.2, 0.25) is 0 Å². The molecule has 0 saturated carbocycles. The smallest absolute Gasteiger partial charge is 0.296 e. The van der Waals surface area contributed by atoms with Gasteiger partial charge < -0.3 is 0 Å². The molecule has 1 heterocycles. The summed E-state index contributed by atoms with van der Waals surface area (Å²) in [5, 5.41) is 6.79. The lowest BCUT2D eigenvalue weighted by molar-refractivity contribution is -0.138. The molecule has 29 heavy (non-hydrogen) atoms. The summed E-state index contributed by atoms with van der Waals surface area (Å²) in [7, 11) is -3.99. The first-order valence-electron chi connectivity index (χ1n) is 7.65. The van der Waals surface area contributed by atoms with Crippen molar-refractivity contribution < 1.29 is 30.8 Å². The Morgan fingerprint density at radius 2 is 1.59 bits per heavy atom. The van der Waals surface area contributed by atoms with Gasteiger partial charge in [-0.05, 0) is 48.5 Å². The number of benzene rings is 2. The van der Waals surface area contributed by atoms with Crippen molar-refractivity contribution >= 4 is 38.1 Å². The minimum absolute atomic E-state index is 0.00510. The van der Waals surface area contributed by atoms with E-state index in [0.29, 0.717) is 0 Å². The number of sulfonamides is 1. The second kappa shape index (κ2) is 7.75. The maximum atomic E-state index is 12.9. The summed E-state index contributed by atoms with van der Waals surface area (Å²) in [5.74, 6) is -1.31. The molecule has 3 aromatic rings. The molecule has 7 nitrogen and oxygen atoms in total. The molecule has 0 unspecified atom stereocenters. The van der Waals surface area contributed by atoms with Crippen LogP contribution in [0.5, 0.6) is 0 Å². The molecule has 0 atom stereocenters. The van der Waals surface area contributed by atoms with E-state index in [9.17, 15) is 30.8 Å². The van der Waals surface area contributed by atoms with Gasteiger partial charge in [-0.15, -0.1) is 10.2 Å². The molecule has 1 amide bonds. The van der Waals surface area contributed by atoms with Gasteiger partial charge in [0.05, 0.1) is 4.90 Å². The summed E-state index contributed by atoms with van der Waals surface area (Å²) in [6.07, 6.45) is -4.67. The van der Waals surface area contributed by atoms with Crippen LogP contribution < -0.4 is 10.0 Å². The number of anilines is 2. The fraction of sp³-hybridized carbons (Fsp3) is 0.0625. The van der Waals surface area contributed by atoms with Gasteiger partial charge in [-0.2, -0.15) is 13.2 Å². The molecule has 152 valence electrons. The third-order valence-corrected chi connectivity index (χ3v) is 5.69. The minimum Gasteiger partial charge on any atom is -0.296 e. The molecular weight excluding hydrogens is 436 g/mol. The van der Waals surface area contributed by atoms with Gasteiger partial charge in [-0.3, -0.25) is 14.8 Å². The van der Waals surface area contributed by atoms with Gasteiger partial charge in [0.25, 0.3) is 15.9 Å². The highest BCUT2D eigenvalue weighted by molar-refractivity contribution is 7.92. The third kappa shape index (κ3) is 5.06. The zero-order chi connectivity index (χ0) is 21.2. The molecule has 0 radical (unpaired) electrons. The quantitative estimate of drug-likeness (QED) is 0.582. The number of amides is 1. The van der Waals surface area contributed by atoms with Crippen LogP contribution in [0, 0.1) is 5.82 Å². The Bertz CT molecular complexity index is 1130. The predicted molar refractivity (Wildman–Crippen MR) is 96.5 cm³/mol. The molecule has 2 aromatic carbocycles. The highest BCUT2D eigenvalue weighted by Crippen LogP contribution is 2.33. The van der Waals surface area contributed by atoms with Gasteiger partial charge in [-0.1, -0.05) is 11.3 Å². The molecule has 0 aliphatic rings. The molecule has 1 aromatic heterocycles. The van der Waals surface area contributed by atoms with Crippen LogP contribution in [0.25, 0.3) is 0 Å². The van der Waals surface area contributed by atoms with E-state index in [4.69, 9.17) is 0 Å². The van der Waals surface area contributed by atoms with Gasteiger partial charge in [0.15, 0.2) is 0 Å². The topological polar surface area (TPSA) is 101 Å². The van der Waals surface area contributed by atoms with Crippen LogP contribution in [0.4, 0.5) is 28.4 Å². The van der Waals surface area contributed by atoms with E-state index < -0.39 is 32.9 Å². The lowest BCUT2D eigenvalue weighted by Crippen LogP contribution is -2.14. The van der Waals surface area contributed by atoms with E-state index in [1.807, 2.05) is 0 Å². The highest BCUT2D eigenvalue weighted by Gasteiger charge is 2.35. The van der Waals surface area contributed by atoms with Crippen molar-refractivity contribution in [1.82, 2.24) is 10.2 Å². The summed E-state index contributed by atoms with van der Waals surface area (Å²) in [6, 6.07) is 9.30. The zero-order valence-electron chi connectivity index (χ0n) is 14.1. The van der Waals surface area contributed by atoms with E-state index in [1.165, 1.54) is 24.3 Å². The maximum Gasteiger partial charge on any atom is 0.445 e. The van der Waals surface area contributed by atoms with Gasteiger partial charge >= 0.3 is 6.18 Å². The van der Waals surface area contributed by atoms with Gasteiger partial charge in [0, 0.05) is 11.3 Å². The van der Waals surface area contributed by atoms with Gasteiger partial charge in [0.2, 0.25) is 10.1 Å². The molecule has 0 spiro atoms. The highest BCUT2D eigenvalue weighted by atomic mass is 32.2. The molecule has 0 aliphatic heterocycles. The summed E-state index contributed by atoms with van der Waals surface area (Å²) < 4.78 is 77.3. The van der Waals surface area contributed by atoms with E-state index in [-0.39, 0.29) is 32.6 Å². The Morgan fingerprint density at radius 1 is 0.966 bits per heavy atom. The minimum atomic E-state index is -4.67. The van der Waals surface area contributed by atoms with E-state index in [0.717, 1.165) is 24.3 Å². The summed E-state index contributed by atoms with van der Waals surface area (Å²) in [5.41, 5.74) is 0.138. The fourth-order valence-electron chi connectivity index (χ4n) is 2.08. The van der Waals surface area contributed by atoms with Crippen LogP contribution in [-0.2, 0) is 16.2 Å². The van der Waals surface area contributed by atoms with Crippen LogP contribution >= 0.6 is 11.3 Å². The SMILES string of the molecule is O=C(Nc1nnc(C(F)(F)F)s1)c1ccc(S(=O)(=O)Nc2ccc(F)cc2)cc1. The number of halogens is 4. The molecular formula is C16H10F4N4O3S2. The summed E-state index contributed by atoms with van der Waals surface area (Å²) in [4.78, 5) is 11.9. The average molecular weight is 446 g/mol. The number of hydrogen-bond acceptors (Lipinski definition) is 6. The molecule has 0 fully saturated rings. The number of carbonyl (C=O) groups excluding carboxylic acids is 1.